The van der Waals surface area contributed by atoms with Crippen LogP contribution in [-0.2, 0) is 25.4 Å². The third kappa shape index (κ3) is 6.30. The summed E-state index contributed by atoms with van der Waals surface area (Å²) in [7, 11) is 1.42. The predicted octanol–water partition coefficient (Wildman–Crippen LogP) is 4.56. The lowest BCUT2D eigenvalue weighted by Crippen LogP contribution is -2.41. The topological polar surface area (TPSA) is 48.0 Å². The van der Waals surface area contributed by atoms with Crippen LogP contribution in [0.1, 0.15) is 33.3 Å². The Balaban J connectivity index is 2.38. The fourth-order valence-electron chi connectivity index (χ4n) is 3.50. The number of ether oxygens (including phenoxy) is 1. The number of methoxy groups -OCH3 is 1. The van der Waals surface area contributed by atoms with E-state index in [0.717, 1.165) is 17.1 Å². The van der Waals surface area contributed by atoms with Crippen molar-refractivity contribution >= 4 is 21.2 Å². The maximum absolute atomic E-state index is 12.7. The molecule has 0 saturated carbocycles. The quantitative estimate of drug-likeness (QED) is 0.446. The van der Waals surface area contributed by atoms with Crippen molar-refractivity contribution in [3.63, 3.8) is 0 Å². The first-order valence-corrected chi connectivity index (χ1v) is 14.3. The SMILES string of the molecule is COC(=O)C(/C=C(\C[Si](C)(C)C)B1OC(C)(C)C(C)(C)O1)N(C)Cc1ccccc1. The number of nitrogens with zero attached hydrogens (tertiary/aromatic N) is 1. The summed E-state index contributed by atoms with van der Waals surface area (Å²) in [4.78, 5) is 14.7. The summed E-state index contributed by atoms with van der Waals surface area (Å²) in [6, 6.07) is 10.5. The number of rotatable bonds is 8. The lowest BCUT2D eigenvalue weighted by atomic mass is 9.78. The van der Waals surface area contributed by atoms with Crippen molar-refractivity contribution < 1.29 is 18.8 Å². The normalized spacial score (nSPS) is 19.8. The molecule has 0 bridgehead atoms. The zero-order chi connectivity index (χ0) is 22.7. The van der Waals surface area contributed by atoms with Crippen LogP contribution < -0.4 is 0 Å². The van der Waals surface area contributed by atoms with Gasteiger partial charge in [0.15, 0.2) is 0 Å². The maximum Gasteiger partial charge on any atom is 0.490 e. The summed E-state index contributed by atoms with van der Waals surface area (Å²) < 4.78 is 17.8. The van der Waals surface area contributed by atoms with E-state index in [1.165, 1.54) is 7.11 Å². The number of carbonyl (C=O) groups is 1. The first-order valence-electron chi connectivity index (χ1n) is 10.6. The highest BCUT2D eigenvalue weighted by Crippen LogP contribution is 2.40. The molecule has 2 rings (SSSR count). The molecule has 0 radical (unpaired) electrons. The van der Waals surface area contributed by atoms with Gasteiger partial charge in [-0.05, 0) is 51.8 Å². The van der Waals surface area contributed by atoms with Gasteiger partial charge < -0.3 is 14.0 Å². The fourth-order valence-corrected chi connectivity index (χ4v) is 5.01. The van der Waals surface area contributed by atoms with Crippen molar-refractivity contribution in [1.82, 2.24) is 4.90 Å². The molecular weight excluding hydrogens is 393 g/mol. The van der Waals surface area contributed by atoms with Crippen molar-refractivity contribution in [1.29, 1.82) is 0 Å². The van der Waals surface area contributed by atoms with Crippen LogP contribution in [0.3, 0.4) is 0 Å². The highest BCUT2D eigenvalue weighted by Gasteiger charge is 2.52. The average molecular weight is 431 g/mol. The Kier molecular flexibility index (Phi) is 7.78. The maximum atomic E-state index is 12.7. The Labute approximate surface area is 183 Å². The minimum Gasteiger partial charge on any atom is -0.468 e. The van der Waals surface area contributed by atoms with Crippen molar-refractivity contribution in [3.8, 4) is 0 Å². The van der Waals surface area contributed by atoms with Gasteiger partial charge in [0.1, 0.15) is 6.04 Å². The molecule has 0 aromatic heterocycles. The smallest absolute Gasteiger partial charge is 0.468 e. The first-order chi connectivity index (χ1) is 13.8. The summed E-state index contributed by atoms with van der Waals surface area (Å²) in [5.41, 5.74) is 1.33. The van der Waals surface area contributed by atoms with E-state index < -0.39 is 32.4 Å². The van der Waals surface area contributed by atoms with Gasteiger partial charge in [-0.3, -0.25) is 9.69 Å². The first kappa shape index (κ1) is 24.9. The molecule has 166 valence electrons. The van der Waals surface area contributed by atoms with Crippen LogP contribution in [0.25, 0.3) is 0 Å². The lowest BCUT2D eigenvalue weighted by Gasteiger charge is -2.32. The van der Waals surface area contributed by atoms with Gasteiger partial charge in [0, 0.05) is 14.6 Å². The largest absolute Gasteiger partial charge is 0.490 e. The van der Waals surface area contributed by atoms with Gasteiger partial charge in [-0.15, -0.1) is 0 Å². The molecule has 1 aliphatic rings. The number of esters is 1. The van der Waals surface area contributed by atoms with Gasteiger partial charge >= 0.3 is 13.1 Å². The monoisotopic (exact) mass is 431 g/mol. The molecule has 1 aromatic rings. The minimum atomic E-state index is -1.50. The summed E-state index contributed by atoms with van der Waals surface area (Å²) >= 11 is 0. The van der Waals surface area contributed by atoms with E-state index in [4.69, 9.17) is 14.0 Å². The predicted molar refractivity (Wildman–Crippen MR) is 126 cm³/mol. The second-order valence-corrected chi connectivity index (χ2v) is 15.9. The van der Waals surface area contributed by atoms with E-state index in [-0.39, 0.29) is 5.97 Å². The van der Waals surface area contributed by atoms with Crippen LogP contribution in [-0.4, -0.2) is 57.5 Å². The third-order valence-electron chi connectivity index (χ3n) is 5.85. The van der Waals surface area contributed by atoms with Gasteiger partial charge in [-0.2, -0.15) is 0 Å². The average Bonchev–Trinajstić information content (AvgIpc) is 2.85. The number of likely N-dealkylation sites (N-methyl/N-ethyl adjacent to an activating group) is 1. The molecule has 30 heavy (non-hydrogen) atoms. The Morgan fingerprint density at radius 1 is 1.13 bits per heavy atom. The molecule has 1 heterocycles. The molecule has 0 N–H and O–H groups in total. The van der Waals surface area contributed by atoms with Crippen LogP contribution in [0, 0.1) is 0 Å². The molecule has 1 unspecified atom stereocenters. The van der Waals surface area contributed by atoms with Crippen molar-refractivity contribution in [2.24, 2.45) is 0 Å². The zero-order valence-corrected chi connectivity index (χ0v) is 21.1. The molecule has 1 atom stereocenters. The lowest BCUT2D eigenvalue weighted by molar-refractivity contribution is -0.144. The van der Waals surface area contributed by atoms with Gasteiger partial charge in [0.2, 0.25) is 0 Å². The van der Waals surface area contributed by atoms with Crippen LogP contribution in [0.4, 0.5) is 0 Å². The standard InChI is InChI=1S/C23H38BNO4Si/c1-22(2)23(3,4)29-24(28-22)19(17-30(7,8)9)15-20(21(26)27-6)25(5)16-18-13-11-10-12-14-18/h10-15,20H,16-17H2,1-9H3/b19-15+. The van der Waals surface area contributed by atoms with Crippen LogP contribution >= 0.6 is 0 Å². The second-order valence-electron chi connectivity index (χ2n) is 10.4. The van der Waals surface area contributed by atoms with E-state index >= 15 is 0 Å². The molecule has 0 aliphatic carbocycles. The van der Waals surface area contributed by atoms with E-state index in [1.807, 2.05) is 36.2 Å². The number of benzene rings is 1. The second kappa shape index (κ2) is 9.39. The van der Waals surface area contributed by atoms with Crippen molar-refractivity contribution in [2.75, 3.05) is 14.2 Å². The number of carbonyl (C=O) groups excluding carboxylic acids is 1. The molecule has 1 fully saturated rings. The molecule has 5 nitrogen and oxygen atoms in total. The Bertz CT molecular complexity index is 742. The summed E-state index contributed by atoms with van der Waals surface area (Å²) in [5, 5.41) is 0. The van der Waals surface area contributed by atoms with E-state index in [9.17, 15) is 4.79 Å². The fraction of sp³-hybridized carbons (Fsp3) is 0.609. The van der Waals surface area contributed by atoms with Crippen LogP contribution in [0.15, 0.2) is 41.9 Å². The molecule has 1 saturated heterocycles. The summed E-state index contributed by atoms with van der Waals surface area (Å²) in [5.74, 6) is -0.280. The number of hydrogen-bond acceptors (Lipinski definition) is 5. The van der Waals surface area contributed by atoms with E-state index in [0.29, 0.717) is 6.54 Å². The van der Waals surface area contributed by atoms with Gasteiger partial charge in [-0.1, -0.05) is 56.0 Å². The van der Waals surface area contributed by atoms with E-state index in [1.54, 1.807) is 0 Å². The Morgan fingerprint density at radius 2 is 1.67 bits per heavy atom. The molecular formula is C23H38BNO4Si. The highest BCUT2D eigenvalue weighted by molar-refractivity contribution is 6.78. The van der Waals surface area contributed by atoms with Crippen molar-refractivity contribution in [3.05, 3.63) is 47.4 Å². The van der Waals surface area contributed by atoms with Crippen LogP contribution in [0.2, 0.25) is 25.7 Å². The molecule has 1 aliphatic heterocycles. The zero-order valence-electron chi connectivity index (χ0n) is 20.1. The minimum absolute atomic E-state index is 0.280. The molecule has 0 spiro atoms. The molecule has 1 aromatic carbocycles. The highest BCUT2D eigenvalue weighted by atomic mass is 28.3. The number of allylic oxidation sites excluding steroid dienone is 1. The Morgan fingerprint density at radius 3 is 2.13 bits per heavy atom. The molecule has 7 heteroatoms. The van der Waals surface area contributed by atoms with Crippen molar-refractivity contribution in [2.45, 2.75) is 77.2 Å². The molecule has 0 amide bonds. The third-order valence-corrected chi connectivity index (χ3v) is 7.32. The number of hydrogen-bond donors (Lipinski definition) is 0. The van der Waals surface area contributed by atoms with Gasteiger partial charge in [0.25, 0.3) is 0 Å². The van der Waals surface area contributed by atoms with Crippen LogP contribution in [0.5, 0.6) is 0 Å². The van der Waals surface area contributed by atoms with E-state index in [2.05, 4.69) is 59.5 Å². The summed E-state index contributed by atoms with van der Waals surface area (Å²) in [6.45, 7) is 15.8. The van der Waals surface area contributed by atoms with Gasteiger partial charge in [0.05, 0.1) is 18.3 Å². The summed E-state index contributed by atoms with van der Waals surface area (Å²) in [6.07, 6.45) is 2.01. The van der Waals surface area contributed by atoms with Gasteiger partial charge in [-0.25, -0.2) is 0 Å². The Hall–Kier alpha value is -1.41.